The van der Waals surface area contributed by atoms with Gasteiger partial charge in [0.15, 0.2) is 0 Å². The third-order valence-electron chi connectivity index (χ3n) is 3.09. The highest BCUT2D eigenvalue weighted by Gasteiger charge is 2.25. The summed E-state index contributed by atoms with van der Waals surface area (Å²) in [6.07, 6.45) is 0. The first-order chi connectivity index (χ1) is 9.82. The molecule has 21 heavy (non-hydrogen) atoms. The van der Waals surface area contributed by atoms with Crippen LogP contribution in [-0.2, 0) is 10.2 Å². The van der Waals surface area contributed by atoms with E-state index in [1.165, 1.54) is 4.88 Å². The van der Waals surface area contributed by atoms with Crippen molar-refractivity contribution in [2.75, 3.05) is 6.61 Å². The summed E-state index contributed by atoms with van der Waals surface area (Å²) in [7, 11) is 0. The molecule has 0 aliphatic rings. The number of hydrogen-bond acceptors (Lipinski definition) is 4. The lowest BCUT2D eigenvalue weighted by atomic mass is 9.88. The van der Waals surface area contributed by atoms with Gasteiger partial charge in [0, 0.05) is 10.3 Å². The number of thiophene rings is 1. The molecular weight excluding hydrogens is 282 g/mol. The van der Waals surface area contributed by atoms with Crippen molar-refractivity contribution in [1.82, 2.24) is 4.98 Å². The molecule has 112 valence electrons. The number of aryl methyl sites for hydroxylation is 1. The predicted octanol–water partition coefficient (Wildman–Crippen LogP) is 4.59. The summed E-state index contributed by atoms with van der Waals surface area (Å²) in [6, 6.07) is 7.87. The molecule has 3 nitrogen and oxygen atoms in total. The molecule has 0 aliphatic carbocycles. The van der Waals surface area contributed by atoms with Gasteiger partial charge in [0.2, 0.25) is 0 Å². The molecule has 4 heteroatoms. The molecule has 0 spiro atoms. The van der Waals surface area contributed by atoms with E-state index in [-0.39, 0.29) is 11.4 Å². The summed E-state index contributed by atoms with van der Waals surface area (Å²) >= 11 is 1.71. The van der Waals surface area contributed by atoms with Crippen molar-refractivity contribution < 1.29 is 9.53 Å². The van der Waals surface area contributed by atoms with Crippen molar-refractivity contribution in [2.45, 2.75) is 40.0 Å². The lowest BCUT2D eigenvalue weighted by Crippen LogP contribution is -2.20. The number of hydrogen-bond donors (Lipinski definition) is 0. The molecule has 0 bridgehead atoms. The minimum absolute atomic E-state index is 0.218. The third kappa shape index (κ3) is 3.50. The number of aromatic nitrogens is 1. The fourth-order valence-electron chi connectivity index (χ4n) is 2.11. The Kier molecular flexibility index (Phi) is 4.47. The number of rotatable bonds is 3. The summed E-state index contributed by atoms with van der Waals surface area (Å²) in [5, 5.41) is 0. The largest absolute Gasteiger partial charge is 0.462 e. The Bertz CT molecular complexity index is 653. The van der Waals surface area contributed by atoms with E-state index in [1.807, 2.05) is 19.1 Å². The molecule has 0 saturated heterocycles. The number of ether oxygens (including phenoxy) is 1. The molecule has 0 saturated carbocycles. The molecule has 0 amide bonds. The van der Waals surface area contributed by atoms with Gasteiger partial charge in [0.25, 0.3) is 0 Å². The van der Waals surface area contributed by atoms with E-state index in [0.29, 0.717) is 12.2 Å². The molecule has 2 rings (SSSR count). The maximum Gasteiger partial charge on any atom is 0.340 e. The summed E-state index contributed by atoms with van der Waals surface area (Å²) in [6.45, 7) is 10.4. The van der Waals surface area contributed by atoms with Gasteiger partial charge in [-0.1, -0.05) is 20.8 Å². The first-order valence-corrected chi connectivity index (χ1v) is 7.90. The first kappa shape index (κ1) is 15.7. The Morgan fingerprint density at radius 2 is 1.95 bits per heavy atom. The number of pyridine rings is 1. The van der Waals surface area contributed by atoms with Crippen LogP contribution in [0.4, 0.5) is 0 Å². The zero-order chi connectivity index (χ0) is 15.6. The smallest absolute Gasteiger partial charge is 0.340 e. The van der Waals surface area contributed by atoms with Crippen LogP contribution in [0.25, 0.3) is 10.6 Å². The Morgan fingerprint density at radius 3 is 2.48 bits per heavy atom. The minimum atomic E-state index is -0.302. The fourth-order valence-corrected chi connectivity index (χ4v) is 2.95. The molecule has 0 N–H and O–H groups in total. The van der Waals surface area contributed by atoms with Crippen molar-refractivity contribution in [3.05, 3.63) is 40.4 Å². The fraction of sp³-hybridized carbons (Fsp3) is 0.412. The van der Waals surface area contributed by atoms with Crippen LogP contribution in [0.5, 0.6) is 0 Å². The SMILES string of the molecule is CCOC(=O)c1ccc(-c2ccc(C)s2)nc1C(C)(C)C. The van der Waals surface area contributed by atoms with Crippen LogP contribution in [-0.4, -0.2) is 17.6 Å². The van der Waals surface area contributed by atoms with E-state index in [4.69, 9.17) is 9.72 Å². The summed E-state index contributed by atoms with van der Waals surface area (Å²) in [4.78, 5) is 19.2. The van der Waals surface area contributed by atoms with Crippen molar-refractivity contribution in [1.29, 1.82) is 0 Å². The normalized spacial score (nSPS) is 11.5. The van der Waals surface area contributed by atoms with Gasteiger partial charge in [-0.05, 0) is 38.1 Å². The van der Waals surface area contributed by atoms with Crippen LogP contribution in [0.2, 0.25) is 0 Å². The summed E-state index contributed by atoms with van der Waals surface area (Å²) in [5.74, 6) is -0.302. The van der Waals surface area contributed by atoms with E-state index in [0.717, 1.165) is 16.3 Å². The van der Waals surface area contributed by atoms with Crippen molar-refractivity contribution in [3.63, 3.8) is 0 Å². The van der Waals surface area contributed by atoms with Gasteiger partial charge in [0.05, 0.1) is 28.4 Å². The Hall–Kier alpha value is -1.68. The summed E-state index contributed by atoms with van der Waals surface area (Å²) in [5.41, 5.74) is 2.03. The van der Waals surface area contributed by atoms with Gasteiger partial charge in [-0.3, -0.25) is 4.98 Å². The standard InChI is InChI=1S/C17H21NO2S/c1-6-20-16(19)12-8-9-13(14-10-7-11(2)21-14)18-15(12)17(3,4)5/h7-10H,6H2,1-5H3. The van der Waals surface area contributed by atoms with E-state index in [2.05, 4.69) is 39.8 Å². The molecule has 2 heterocycles. The van der Waals surface area contributed by atoms with Crippen molar-refractivity contribution in [3.8, 4) is 10.6 Å². The molecule has 0 radical (unpaired) electrons. The highest BCUT2D eigenvalue weighted by molar-refractivity contribution is 7.15. The maximum atomic E-state index is 12.1. The van der Waals surface area contributed by atoms with Gasteiger partial charge in [-0.2, -0.15) is 0 Å². The predicted molar refractivity (Wildman–Crippen MR) is 86.9 cm³/mol. The lowest BCUT2D eigenvalue weighted by Gasteiger charge is -2.21. The van der Waals surface area contributed by atoms with Crippen LogP contribution < -0.4 is 0 Å². The lowest BCUT2D eigenvalue weighted by molar-refractivity contribution is 0.0523. The van der Waals surface area contributed by atoms with Crippen molar-refractivity contribution in [2.24, 2.45) is 0 Å². The molecule has 0 aromatic carbocycles. The molecule has 0 fully saturated rings. The zero-order valence-electron chi connectivity index (χ0n) is 13.2. The molecule has 0 aliphatic heterocycles. The van der Waals surface area contributed by atoms with Crippen molar-refractivity contribution >= 4 is 17.3 Å². The van der Waals surface area contributed by atoms with Crippen LogP contribution in [0.1, 0.15) is 48.6 Å². The third-order valence-corrected chi connectivity index (χ3v) is 4.12. The van der Waals surface area contributed by atoms with E-state index >= 15 is 0 Å². The number of carbonyl (C=O) groups excluding carboxylic acids is 1. The molecule has 2 aromatic heterocycles. The Balaban J connectivity index is 2.52. The molecule has 0 atom stereocenters. The van der Waals surface area contributed by atoms with Crippen LogP contribution in [0.15, 0.2) is 24.3 Å². The molecule has 0 unspecified atom stereocenters. The second-order valence-electron chi connectivity index (χ2n) is 5.97. The Labute approximate surface area is 130 Å². The van der Waals surface area contributed by atoms with Gasteiger partial charge >= 0.3 is 5.97 Å². The summed E-state index contributed by atoms with van der Waals surface area (Å²) < 4.78 is 5.14. The Morgan fingerprint density at radius 1 is 1.24 bits per heavy atom. The maximum absolute atomic E-state index is 12.1. The highest BCUT2D eigenvalue weighted by Crippen LogP contribution is 2.31. The van der Waals surface area contributed by atoms with E-state index in [9.17, 15) is 4.79 Å². The molecule has 2 aromatic rings. The monoisotopic (exact) mass is 303 g/mol. The van der Waals surface area contributed by atoms with Gasteiger partial charge < -0.3 is 4.74 Å². The van der Waals surface area contributed by atoms with E-state index < -0.39 is 0 Å². The number of carbonyl (C=O) groups is 1. The average Bonchev–Trinajstić information content (AvgIpc) is 2.84. The minimum Gasteiger partial charge on any atom is -0.462 e. The average molecular weight is 303 g/mol. The highest BCUT2D eigenvalue weighted by atomic mass is 32.1. The topological polar surface area (TPSA) is 39.2 Å². The van der Waals surface area contributed by atoms with Gasteiger partial charge in [0.1, 0.15) is 0 Å². The van der Waals surface area contributed by atoms with Gasteiger partial charge in [-0.15, -0.1) is 11.3 Å². The van der Waals surface area contributed by atoms with E-state index in [1.54, 1.807) is 11.3 Å². The van der Waals surface area contributed by atoms with Gasteiger partial charge in [-0.25, -0.2) is 4.79 Å². The van der Waals surface area contributed by atoms with Crippen LogP contribution in [0, 0.1) is 6.92 Å². The number of esters is 1. The molecular formula is C17H21NO2S. The quantitative estimate of drug-likeness (QED) is 0.778. The number of nitrogens with zero attached hydrogens (tertiary/aromatic N) is 1. The first-order valence-electron chi connectivity index (χ1n) is 7.08. The zero-order valence-corrected chi connectivity index (χ0v) is 14.0. The second kappa shape index (κ2) is 5.98. The second-order valence-corrected chi connectivity index (χ2v) is 7.26. The van der Waals surface area contributed by atoms with Crippen LogP contribution >= 0.6 is 11.3 Å². The van der Waals surface area contributed by atoms with Crippen LogP contribution in [0.3, 0.4) is 0 Å².